The Hall–Kier alpha value is -3.38. The van der Waals surface area contributed by atoms with Crippen molar-refractivity contribution < 1.29 is 28.6 Å². The highest BCUT2D eigenvalue weighted by molar-refractivity contribution is 5.97. The SMILES string of the molecule is CCOC(=O)NC1=Nc2cc(OCCCC(=O)NC3CNCCN3C)ccc2CN1CC(=O)OCC(C)(C)C. The summed E-state index contributed by atoms with van der Waals surface area (Å²) < 4.78 is 16.3. The summed E-state index contributed by atoms with van der Waals surface area (Å²) in [5, 5.41) is 8.94. The molecule has 0 bridgehead atoms. The predicted octanol–water partition coefficient (Wildman–Crippen LogP) is 1.96. The van der Waals surface area contributed by atoms with Gasteiger partial charge in [0.15, 0.2) is 0 Å². The molecule has 3 rings (SSSR count). The molecule has 12 heteroatoms. The topological polar surface area (TPSA) is 134 Å². The molecule has 0 spiro atoms. The molecule has 1 saturated heterocycles. The molecule has 2 aliphatic heterocycles. The third-order valence-corrected chi connectivity index (χ3v) is 6.07. The monoisotopic (exact) mass is 546 g/mol. The zero-order valence-electron chi connectivity index (χ0n) is 23.7. The molecule has 2 amide bonds. The van der Waals surface area contributed by atoms with Crippen molar-refractivity contribution in [1.82, 2.24) is 25.8 Å². The fraction of sp³-hybridized carbons (Fsp3) is 0.630. The summed E-state index contributed by atoms with van der Waals surface area (Å²) in [4.78, 5) is 45.3. The average Bonchev–Trinajstić information content (AvgIpc) is 2.87. The highest BCUT2D eigenvalue weighted by atomic mass is 16.5. The van der Waals surface area contributed by atoms with E-state index < -0.39 is 12.1 Å². The lowest BCUT2D eigenvalue weighted by atomic mass is 9.99. The number of fused-ring (bicyclic) bond motifs is 1. The van der Waals surface area contributed by atoms with Crippen molar-refractivity contribution in [3.05, 3.63) is 23.8 Å². The number of benzene rings is 1. The number of hydrogen-bond acceptors (Lipinski definition) is 10. The van der Waals surface area contributed by atoms with Gasteiger partial charge in [-0.25, -0.2) is 9.79 Å². The van der Waals surface area contributed by atoms with Crippen LogP contribution in [0.15, 0.2) is 23.2 Å². The third-order valence-electron chi connectivity index (χ3n) is 6.07. The summed E-state index contributed by atoms with van der Waals surface area (Å²) in [6, 6.07) is 5.48. The maximum Gasteiger partial charge on any atom is 0.413 e. The van der Waals surface area contributed by atoms with Crippen LogP contribution in [0.25, 0.3) is 0 Å². The lowest BCUT2D eigenvalue weighted by Crippen LogP contribution is -2.57. The average molecular weight is 547 g/mol. The van der Waals surface area contributed by atoms with Crippen LogP contribution in [-0.2, 0) is 25.6 Å². The zero-order chi connectivity index (χ0) is 28.4. The standard InChI is InChI=1S/C27H42N6O6/c1-6-37-26(36)31-25-29-21-14-20(38-13-7-8-23(34)30-22-15-28-11-12-32(22)5)10-9-19(21)16-33(25)17-24(35)39-18-27(2,3)4/h9-10,14,22,28H,6-8,11-13,15-18H2,1-5H3,(H,30,34)(H,29,31,36). The molecular formula is C27H42N6O6. The van der Waals surface area contributed by atoms with Gasteiger partial charge in [0.1, 0.15) is 12.3 Å². The van der Waals surface area contributed by atoms with E-state index in [0.717, 1.165) is 25.2 Å². The first kappa shape index (κ1) is 30.2. The van der Waals surface area contributed by atoms with Crippen LogP contribution < -0.4 is 20.7 Å². The van der Waals surface area contributed by atoms with Crippen LogP contribution in [0.1, 0.15) is 46.1 Å². The van der Waals surface area contributed by atoms with E-state index in [-0.39, 0.29) is 43.2 Å². The number of esters is 1. The van der Waals surface area contributed by atoms with E-state index in [0.29, 0.717) is 37.4 Å². The number of likely N-dealkylation sites (N-methyl/N-ethyl adjacent to an activating group) is 1. The van der Waals surface area contributed by atoms with Crippen LogP contribution in [0.2, 0.25) is 0 Å². The fourth-order valence-corrected chi connectivity index (χ4v) is 3.98. The minimum Gasteiger partial charge on any atom is -0.494 e. The first-order chi connectivity index (χ1) is 18.5. The van der Waals surface area contributed by atoms with Crippen molar-refractivity contribution in [3.8, 4) is 5.75 Å². The second-order valence-electron chi connectivity index (χ2n) is 10.9. The number of guanidine groups is 1. The molecule has 0 aromatic heterocycles. The number of nitrogens with one attached hydrogen (secondary N) is 3. The summed E-state index contributed by atoms with van der Waals surface area (Å²) in [5.74, 6) is 0.374. The van der Waals surface area contributed by atoms with Crippen molar-refractivity contribution in [2.45, 2.75) is 53.2 Å². The molecule has 1 atom stereocenters. The van der Waals surface area contributed by atoms with Crippen molar-refractivity contribution >= 4 is 29.6 Å². The first-order valence-electron chi connectivity index (χ1n) is 13.4. The number of nitrogens with zero attached hydrogens (tertiary/aromatic N) is 3. The number of hydrogen-bond donors (Lipinski definition) is 3. The predicted molar refractivity (Wildman–Crippen MR) is 147 cm³/mol. The second-order valence-corrected chi connectivity index (χ2v) is 10.9. The minimum atomic E-state index is -0.659. The maximum absolute atomic E-state index is 12.5. The highest BCUT2D eigenvalue weighted by Crippen LogP contribution is 2.30. The Balaban J connectivity index is 1.57. The maximum atomic E-state index is 12.5. The van der Waals surface area contributed by atoms with E-state index in [9.17, 15) is 14.4 Å². The molecule has 1 unspecified atom stereocenters. The lowest BCUT2D eigenvalue weighted by molar-refractivity contribution is -0.146. The van der Waals surface area contributed by atoms with Crippen LogP contribution in [0.4, 0.5) is 10.5 Å². The van der Waals surface area contributed by atoms with Gasteiger partial charge in [-0.3, -0.25) is 19.8 Å². The molecule has 216 valence electrons. The van der Waals surface area contributed by atoms with Gasteiger partial charge in [0.2, 0.25) is 11.9 Å². The van der Waals surface area contributed by atoms with Crippen molar-refractivity contribution in [2.75, 3.05) is 53.0 Å². The Labute approximate surface area is 230 Å². The smallest absolute Gasteiger partial charge is 0.413 e. The Bertz CT molecular complexity index is 1040. The van der Waals surface area contributed by atoms with Gasteiger partial charge in [0.25, 0.3) is 0 Å². The Morgan fingerprint density at radius 1 is 1.21 bits per heavy atom. The quantitative estimate of drug-likeness (QED) is 0.297. The van der Waals surface area contributed by atoms with Crippen LogP contribution in [0.3, 0.4) is 0 Å². The van der Waals surface area contributed by atoms with Crippen LogP contribution >= 0.6 is 0 Å². The number of piperazine rings is 1. The van der Waals surface area contributed by atoms with Crippen LogP contribution in [0, 0.1) is 5.41 Å². The van der Waals surface area contributed by atoms with Crippen molar-refractivity contribution in [3.63, 3.8) is 0 Å². The number of rotatable bonds is 10. The van der Waals surface area contributed by atoms with E-state index in [1.165, 1.54) is 0 Å². The molecule has 2 aliphatic rings. The third kappa shape index (κ3) is 10.0. The van der Waals surface area contributed by atoms with E-state index in [4.69, 9.17) is 14.2 Å². The number of amides is 2. The Morgan fingerprint density at radius 2 is 2.00 bits per heavy atom. The Kier molecular flexibility index (Phi) is 10.9. The molecular weight excluding hydrogens is 504 g/mol. The molecule has 12 nitrogen and oxygen atoms in total. The summed E-state index contributed by atoms with van der Waals surface area (Å²) in [5.41, 5.74) is 1.32. The molecule has 0 aliphatic carbocycles. The molecule has 0 radical (unpaired) electrons. The van der Waals surface area contributed by atoms with E-state index in [1.54, 1.807) is 17.9 Å². The van der Waals surface area contributed by atoms with E-state index in [2.05, 4.69) is 25.8 Å². The fourth-order valence-electron chi connectivity index (χ4n) is 3.98. The molecule has 1 fully saturated rings. The van der Waals surface area contributed by atoms with Gasteiger partial charge < -0.3 is 29.7 Å². The van der Waals surface area contributed by atoms with Crippen molar-refractivity contribution in [1.29, 1.82) is 0 Å². The minimum absolute atomic E-state index is 0.00278. The number of ether oxygens (including phenoxy) is 3. The van der Waals surface area contributed by atoms with Crippen LogP contribution in [0.5, 0.6) is 5.75 Å². The molecule has 39 heavy (non-hydrogen) atoms. The second kappa shape index (κ2) is 14.1. The van der Waals surface area contributed by atoms with Crippen molar-refractivity contribution in [2.24, 2.45) is 10.4 Å². The normalized spacial score (nSPS) is 17.5. The number of aliphatic imine (C=N–C) groups is 1. The van der Waals surface area contributed by atoms with E-state index >= 15 is 0 Å². The van der Waals surface area contributed by atoms with Crippen LogP contribution in [-0.4, -0.2) is 92.9 Å². The molecule has 2 heterocycles. The van der Waals surface area contributed by atoms with Gasteiger partial charge in [-0.05, 0) is 37.4 Å². The molecule has 3 N–H and O–H groups in total. The van der Waals surface area contributed by atoms with E-state index in [1.807, 2.05) is 40.0 Å². The number of carbonyl (C=O) groups is 3. The molecule has 1 aromatic carbocycles. The summed E-state index contributed by atoms with van der Waals surface area (Å²) in [6.07, 6.45) is 0.272. The van der Waals surface area contributed by atoms with Gasteiger partial charge in [-0.2, -0.15) is 0 Å². The summed E-state index contributed by atoms with van der Waals surface area (Å²) in [7, 11) is 2.00. The lowest BCUT2D eigenvalue weighted by Gasteiger charge is -2.33. The van der Waals surface area contributed by atoms with Gasteiger partial charge in [-0.1, -0.05) is 26.8 Å². The summed E-state index contributed by atoms with van der Waals surface area (Å²) >= 11 is 0. The molecule has 0 saturated carbocycles. The van der Waals surface area contributed by atoms with Gasteiger partial charge >= 0.3 is 12.1 Å². The van der Waals surface area contributed by atoms with Gasteiger partial charge in [0.05, 0.1) is 31.7 Å². The summed E-state index contributed by atoms with van der Waals surface area (Å²) in [6.45, 7) is 11.3. The first-order valence-corrected chi connectivity index (χ1v) is 13.4. The Morgan fingerprint density at radius 3 is 2.72 bits per heavy atom. The van der Waals surface area contributed by atoms with Gasteiger partial charge in [-0.15, -0.1) is 0 Å². The molecule has 1 aromatic rings. The zero-order valence-corrected chi connectivity index (χ0v) is 23.7. The van der Waals surface area contributed by atoms with Gasteiger partial charge in [0, 0.05) is 38.7 Å². The largest absolute Gasteiger partial charge is 0.494 e. The number of alkyl carbamates (subject to hydrolysis) is 1. The number of carbonyl (C=O) groups excluding carboxylic acids is 3. The highest BCUT2D eigenvalue weighted by Gasteiger charge is 2.26.